The molecule has 4 heteroatoms. The molecule has 0 atom stereocenters. The van der Waals surface area contributed by atoms with Crippen LogP contribution in [-0.2, 0) is 0 Å². The molecule has 0 aliphatic rings. The maximum Gasteiger partial charge on any atom is 0.356 e. The number of benzene rings is 2. The zero-order valence-corrected chi connectivity index (χ0v) is 12.8. The fourth-order valence-electron chi connectivity index (χ4n) is 2.76. The van der Waals surface area contributed by atoms with Crippen LogP contribution in [0.5, 0.6) is 0 Å². The zero-order chi connectivity index (χ0) is 16.5. The van der Waals surface area contributed by atoms with E-state index >= 15 is 0 Å². The van der Waals surface area contributed by atoms with Gasteiger partial charge >= 0.3 is 5.97 Å². The third-order valence-electron chi connectivity index (χ3n) is 4.01. The van der Waals surface area contributed by atoms with Gasteiger partial charge in [0.15, 0.2) is 5.69 Å². The van der Waals surface area contributed by atoms with Gasteiger partial charge in [0.1, 0.15) is 0 Å². The summed E-state index contributed by atoms with van der Waals surface area (Å²) in [6, 6.07) is 24.0. The first-order valence-corrected chi connectivity index (χ1v) is 7.59. The predicted octanol–water partition coefficient (Wildman–Crippen LogP) is 4.37. The highest BCUT2D eigenvalue weighted by atomic mass is 16.4. The number of pyridine rings is 1. The maximum atomic E-state index is 11.0. The molecule has 4 rings (SSSR count). The SMILES string of the molecule is O=C(O)c1cc2cc(-c3ccc(-c4ccccc4)cc3)ccn2n1. The molecule has 0 fully saturated rings. The molecule has 0 unspecified atom stereocenters. The number of rotatable bonds is 3. The van der Waals surface area contributed by atoms with E-state index in [2.05, 4.69) is 41.5 Å². The smallest absolute Gasteiger partial charge is 0.356 e. The summed E-state index contributed by atoms with van der Waals surface area (Å²) in [6.45, 7) is 0. The molecule has 0 aliphatic heterocycles. The Morgan fingerprint density at radius 1 is 0.792 bits per heavy atom. The number of aromatic nitrogens is 2. The summed E-state index contributed by atoms with van der Waals surface area (Å²) in [7, 11) is 0. The van der Waals surface area contributed by atoms with Gasteiger partial charge in [-0.15, -0.1) is 0 Å². The molecule has 0 radical (unpaired) electrons. The predicted molar refractivity (Wildman–Crippen MR) is 93.0 cm³/mol. The molecule has 0 spiro atoms. The van der Waals surface area contributed by atoms with Crippen molar-refractivity contribution in [3.05, 3.63) is 84.7 Å². The highest BCUT2D eigenvalue weighted by Gasteiger charge is 2.09. The van der Waals surface area contributed by atoms with Crippen LogP contribution in [0.25, 0.3) is 27.8 Å². The molecule has 0 amide bonds. The molecule has 4 aromatic rings. The van der Waals surface area contributed by atoms with E-state index in [9.17, 15) is 4.79 Å². The van der Waals surface area contributed by atoms with Crippen LogP contribution in [0.4, 0.5) is 0 Å². The Bertz CT molecular complexity index is 1020. The average molecular weight is 314 g/mol. The van der Waals surface area contributed by atoms with Crippen molar-refractivity contribution in [3.63, 3.8) is 0 Å². The standard InChI is InChI=1S/C20H14N2O2/c23-20(24)19-13-18-12-17(10-11-22(18)21-19)16-8-6-15(7-9-16)14-4-2-1-3-5-14/h1-13H,(H,23,24). The molecule has 2 heterocycles. The Kier molecular flexibility index (Phi) is 3.35. The van der Waals surface area contributed by atoms with Gasteiger partial charge in [-0.1, -0.05) is 54.6 Å². The molecule has 24 heavy (non-hydrogen) atoms. The van der Waals surface area contributed by atoms with Crippen molar-refractivity contribution in [2.75, 3.05) is 0 Å². The molecule has 0 saturated carbocycles. The van der Waals surface area contributed by atoms with Gasteiger partial charge in [0.05, 0.1) is 5.52 Å². The number of carboxylic acid groups (broad SMARTS) is 1. The van der Waals surface area contributed by atoms with E-state index in [-0.39, 0.29) is 5.69 Å². The van der Waals surface area contributed by atoms with E-state index in [4.69, 9.17) is 5.11 Å². The van der Waals surface area contributed by atoms with Crippen LogP contribution in [-0.4, -0.2) is 20.7 Å². The molecule has 0 saturated heterocycles. The summed E-state index contributed by atoms with van der Waals surface area (Å²) in [4.78, 5) is 11.0. The molecule has 0 bridgehead atoms. The highest BCUT2D eigenvalue weighted by molar-refractivity contribution is 5.87. The van der Waals surface area contributed by atoms with E-state index in [0.29, 0.717) is 0 Å². The van der Waals surface area contributed by atoms with Crippen molar-refractivity contribution >= 4 is 11.5 Å². The number of hydrogen-bond acceptors (Lipinski definition) is 2. The van der Waals surface area contributed by atoms with E-state index < -0.39 is 5.97 Å². The lowest BCUT2D eigenvalue weighted by Gasteiger charge is -2.05. The molecule has 4 nitrogen and oxygen atoms in total. The van der Waals surface area contributed by atoms with Gasteiger partial charge in [-0.25, -0.2) is 9.31 Å². The lowest BCUT2D eigenvalue weighted by molar-refractivity contribution is 0.0690. The fourth-order valence-corrected chi connectivity index (χ4v) is 2.76. The minimum absolute atomic E-state index is 0.0478. The Balaban J connectivity index is 1.70. The molecule has 1 N–H and O–H groups in total. The Hall–Kier alpha value is -3.40. The monoisotopic (exact) mass is 314 g/mol. The van der Waals surface area contributed by atoms with Crippen LogP contribution in [0, 0.1) is 0 Å². The van der Waals surface area contributed by atoms with Gasteiger partial charge in [0.25, 0.3) is 0 Å². The molecule has 0 aliphatic carbocycles. The number of hydrogen-bond donors (Lipinski definition) is 1. The number of fused-ring (bicyclic) bond motifs is 1. The van der Waals surface area contributed by atoms with Gasteiger partial charge in [-0.2, -0.15) is 5.10 Å². The normalized spacial score (nSPS) is 10.8. The third kappa shape index (κ3) is 2.54. The summed E-state index contributed by atoms with van der Waals surface area (Å²) in [5.74, 6) is -1.02. The quantitative estimate of drug-likeness (QED) is 0.611. The summed E-state index contributed by atoms with van der Waals surface area (Å²) in [5, 5.41) is 13.1. The Morgan fingerprint density at radius 3 is 2.08 bits per heavy atom. The largest absolute Gasteiger partial charge is 0.476 e. The first kappa shape index (κ1) is 14.2. The lowest BCUT2D eigenvalue weighted by atomic mass is 10.0. The fraction of sp³-hybridized carbons (Fsp3) is 0. The van der Waals surface area contributed by atoms with Gasteiger partial charge in [-0.3, -0.25) is 0 Å². The second-order valence-electron chi connectivity index (χ2n) is 5.56. The molecule has 116 valence electrons. The van der Waals surface area contributed by atoms with Crippen LogP contribution < -0.4 is 0 Å². The van der Waals surface area contributed by atoms with E-state index in [1.165, 1.54) is 5.56 Å². The number of carbonyl (C=O) groups is 1. The van der Waals surface area contributed by atoms with Crippen LogP contribution in [0.3, 0.4) is 0 Å². The second-order valence-corrected chi connectivity index (χ2v) is 5.56. The Labute approximate surface area is 138 Å². The molecular formula is C20H14N2O2. The summed E-state index contributed by atoms with van der Waals surface area (Å²) < 4.78 is 1.57. The molecule has 2 aromatic carbocycles. The van der Waals surface area contributed by atoms with Crippen molar-refractivity contribution in [1.82, 2.24) is 9.61 Å². The number of carboxylic acids is 1. The zero-order valence-electron chi connectivity index (χ0n) is 12.8. The van der Waals surface area contributed by atoms with Crippen LogP contribution >= 0.6 is 0 Å². The number of aromatic carboxylic acids is 1. The van der Waals surface area contributed by atoms with E-state index in [0.717, 1.165) is 22.2 Å². The second kappa shape index (κ2) is 5.66. The van der Waals surface area contributed by atoms with Crippen molar-refractivity contribution in [2.24, 2.45) is 0 Å². The minimum Gasteiger partial charge on any atom is -0.476 e. The van der Waals surface area contributed by atoms with Crippen molar-refractivity contribution in [3.8, 4) is 22.3 Å². The van der Waals surface area contributed by atoms with Gasteiger partial charge in [0.2, 0.25) is 0 Å². The van der Waals surface area contributed by atoms with Crippen LogP contribution in [0.1, 0.15) is 10.5 Å². The van der Waals surface area contributed by atoms with E-state index in [1.807, 2.05) is 30.3 Å². The van der Waals surface area contributed by atoms with Crippen LogP contribution in [0.15, 0.2) is 79.0 Å². The van der Waals surface area contributed by atoms with Crippen LogP contribution in [0.2, 0.25) is 0 Å². The van der Waals surface area contributed by atoms with Crippen molar-refractivity contribution in [2.45, 2.75) is 0 Å². The van der Waals surface area contributed by atoms with Gasteiger partial charge < -0.3 is 5.11 Å². The average Bonchev–Trinajstić information content (AvgIpc) is 3.06. The molecule has 2 aromatic heterocycles. The van der Waals surface area contributed by atoms with Gasteiger partial charge in [0, 0.05) is 6.20 Å². The van der Waals surface area contributed by atoms with Crippen molar-refractivity contribution in [1.29, 1.82) is 0 Å². The highest BCUT2D eigenvalue weighted by Crippen LogP contribution is 2.25. The molecular weight excluding hydrogens is 300 g/mol. The van der Waals surface area contributed by atoms with Crippen molar-refractivity contribution < 1.29 is 9.90 Å². The lowest BCUT2D eigenvalue weighted by Crippen LogP contribution is -1.97. The third-order valence-corrected chi connectivity index (χ3v) is 4.01. The van der Waals surface area contributed by atoms with Gasteiger partial charge in [-0.05, 0) is 40.5 Å². The number of nitrogens with zero attached hydrogens (tertiary/aromatic N) is 2. The maximum absolute atomic E-state index is 11.0. The first-order valence-electron chi connectivity index (χ1n) is 7.59. The topological polar surface area (TPSA) is 54.6 Å². The summed E-state index contributed by atoms with van der Waals surface area (Å²) in [6.07, 6.45) is 1.78. The summed E-state index contributed by atoms with van der Waals surface area (Å²) in [5.41, 5.74) is 5.26. The summed E-state index contributed by atoms with van der Waals surface area (Å²) >= 11 is 0. The van der Waals surface area contributed by atoms with E-state index in [1.54, 1.807) is 16.8 Å². The first-order chi connectivity index (χ1) is 11.7. The minimum atomic E-state index is -1.02. The Morgan fingerprint density at radius 2 is 1.42 bits per heavy atom.